The van der Waals surface area contributed by atoms with Gasteiger partial charge >= 0.3 is 29.8 Å². The monoisotopic (exact) mass is 1600 g/mol. The van der Waals surface area contributed by atoms with Crippen molar-refractivity contribution in [3.05, 3.63) is 298 Å². The fourth-order valence-electron chi connectivity index (χ4n) is 10.3. The molecule has 0 aromatic heterocycles. The summed E-state index contributed by atoms with van der Waals surface area (Å²) in [6.07, 6.45) is 23.5. The van der Waals surface area contributed by atoms with E-state index in [-0.39, 0.29) is 53.4 Å². The summed E-state index contributed by atoms with van der Waals surface area (Å²) < 4.78 is 26.5. The van der Waals surface area contributed by atoms with Gasteiger partial charge in [0.25, 0.3) is 0 Å². The quantitative estimate of drug-likeness (QED) is 0.0186. The highest BCUT2D eigenvalue weighted by molar-refractivity contribution is 7.81. The van der Waals surface area contributed by atoms with Crippen LogP contribution in [0.25, 0.3) is 0 Å². The summed E-state index contributed by atoms with van der Waals surface area (Å²) >= 11 is 25.0. The molecule has 20 heteroatoms. The van der Waals surface area contributed by atoms with Crippen LogP contribution < -0.4 is 23.7 Å². The molecule has 0 N–H and O–H groups in total. The molecule has 0 aliphatic rings. The number of hydrogen-bond acceptors (Lipinski definition) is 10. The first-order valence-electron chi connectivity index (χ1n) is 36.3. The molecule has 0 spiro atoms. The van der Waals surface area contributed by atoms with Crippen molar-refractivity contribution in [2.75, 3.05) is 0 Å². The average Bonchev–Trinajstić information content (AvgIpc) is 0.888. The summed E-state index contributed by atoms with van der Waals surface area (Å²) in [5, 5.41) is 0. The maximum absolute atomic E-state index is 12.0. The smallest absolute Gasteiger partial charge is 0.343 e. The Labute approximate surface area is 674 Å². The first-order chi connectivity index (χ1) is 50.9. The van der Waals surface area contributed by atoms with Crippen molar-refractivity contribution < 1.29 is 71.2 Å². The third-order valence-electron chi connectivity index (χ3n) is 16.5. The largest absolute Gasteiger partial charge is 0.423 e. The molecule has 10 aromatic rings. The number of aryl methyl sites for hydroxylation is 5. The van der Waals surface area contributed by atoms with E-state index in [0.29, 0.717) is 56.6 Å². The summed E-state index contributed by atoms with van der Waals surface area (Å²) in [5.41, 5.74) is 9.13. The van der Waals surface area contributed by atoms with E-state index in [1.165, 1.54) is 124 Å². The van der Waals surface area contributed by atoms with E-state index >= 15 is 0 Å². The summed E-state index contributed by atoms with van der Waals surface area (Å²) in [6, 6.07) is 72.8. The van der Waals surface area contributed by atoms with E-state index in [0.717, 1.165) is 56.6 Å². The summed E-state index contributed by atoms with van der Waals surface area (Å²) in [5.74, 6) is 0.870. The fourth-order valence-corrected chi connectivity index (χ4v) is 11.0. The van der Waals surface area contributed by atoms with Gasteiger partial charge in [-0.1, -0.05) is 223 Å². The normalized spacial score (nSPS) is 9.86. The second-order valence-corrected chi connectivity index (χ2v) is 27.4. The van der Waals surface area contributed by atoms with Crippen LogP contribution in [0.3, 0.4) is 0 Å². The molecule has 10 aromatic carbocycles. The highest BCUT2D eigenvalue weighted by Gasteiger charge is 2.14. The third kappa shape index (κ3) is 38.6. The Morgan fingerprint density at radius 3 is 0.445 bits per heavy atom. The number of carbonyl (C=O) groups excluding carboxylic acids is 5. The van der Waals surface area contributed by atoms with Gasteiger partial charge in [-0.15, -0.1) is 0 Å². The Morgan fingerprint density at radius 1 is 0.200 bits per heavy atom. The van der Waals surface area contributed by atoms with Gasteiger partial charge in [-0.25, -0.2) is 24.0 Å². The van der Waals surface area contributed by atoms with Crippen molar-refractivity contribution in [1.29, 1.82) is 0 Å². The van der Waals surface area contributed by atoms with E-state index in [9.17, 15) is 24.0 Å². The molecule has 0 atom stereocenters. The van der Waals surface area contributed by atoms with Gasteiger partial charge < -0.3 is 23.7 Å². The molecule has 585 valence electrons. The molecule has 10 nitrogen and oxygen atoms in total. The lowest BCUT2D eigenvalue weighted by molar-refractivity contribution is 0.0725. The van der Waals surface area contributed by atoms with Crippen LogP contribution in [-0.2, 0) is 32.1 Å². The minimum absolute atomic E-state index is 0. The number of unbranched alkanes of at least 4 members (excludes halogenated alkanes) is 10. The lowest BCUT2D eigenvalue weighted by Gasteiger charge is -2.05. The Kier molecular flexibility index (Phi) is 50.5. The zero-order chi connectivity index (χ0) is 75.4. The van der Waals surface area contributed by atoms with Gasteiger partial charge in [0.1, 0.15) is 28.7 Å². The van der Waals surface area contributed by atoms with E-state index < -0.39 is 0 Å². The number of ether oxygens (including phenoxy) is 5. The van der Waals surface area contributed by atoms with Gasteiger partial charge in [0.2, 0.25) is 0 Å². The van der Waals surface area contributed by atoms with Crippen molar-refractivity contribution in [2.45, 2.75) is 188 Å². The van der Waals surface area contributed by atoms with E-state index in [2.05, 4.69) is 34.6 Å². The maximum Gasteiger partial charge on any atom is 0.343 e. The van der Waals surface area contributed by atoms with Crippen molar-refractivity contribution in [3.8, 4) is 28.7 Å². The molecule has 0 amide bonds. The van der Waals surface area contributed by atoms with E-state index in [1.54, 1.807) is 121 Å². The fraction of sp³-hybridized carbons (Fsp3) is 0.278. The number of benzene rings is 10. The average molecular weight is 1600 g/mol. The Morgan fingerprint density at radius 2 is 0.327 bits per heavy atom. The van der Waals surface area contributed by atoms with Gasteiger partial charge in [-0.3, -0.25) is 23.5 Å². The van der Waals surface area contributed by atoms with Gasteiger partial charge in [-0.05, 0) is 274 Å². The summed E-state index contributed by atoms with van der Waals surface area (Å²) in [4.78, 5) is 63.8. The second kappa shape index (κ2) is 56.5. The number of hydrogen-bond donors (Lipinski definition) is 0. The van der Waals surface area contributed by atoms with E-state index in [1.807, 2.05) is 121 Å². The number of halogens is 5. The molecule has 0 bridgehead atoms. The SMILES string of the molecule is CCCCCc1ccc(C(=O)Oc2ccc([S])cc2)cc1.CCCCCc1ccc(C(=O)Oc2ccc([S])cc2)cc1.CCCCCc1ccc(C(=O)Oc2ccc([S])cc2)cc1.CCCCCc1ccc(C(=O)Oc2ccc([S])cc2)cc1.CCCCCc1ccc(C(=O)Oc2ccc([S])cc2)cc1.F.F.F.F.F. The molecular weight excluding hydrogens is 1500 g/mol. The molecule has 0 aliphatic carbocycles. The topological polar surface area (TPSA) is 132 Å². The van der Waals surface area contributed by atoms with Gasteiger partial charge in [-0.2, -0.15) is 0 Å². The molecule has 110 heavy (non-hydrogen) atoms. The van der Waals surface area contributed by atoms with Gasteiger partial charge in [0.15, 0.2) is 0 Å². The summed E-state index contributed by atoms with van der Waals surface area (Å²) in [6.45, 7) is 11.0. The third-order valence-corrected chi connectivity index (χ3v) is 17.8. The molecule has 0 fully saturated rings. The van der Waals surface area contributed by atoms with Gasteiger partial charge in [0, 0.05) is 24.5 Å². The highest BCUT2D eigenvalue weighted by Crippen LogP contribution is 2.23. The predicted molar refractivity (Wildman–Crippen MR) is 447 cm³/mol. The van der Waals surface area contributed by atoms with Crippen LogP contribution in [-0.4, -0.2) is 29.8 Å². The zero-order valence-electron chi connectivity index (χ0n) is 62.9. The van der Waals surface area contributed by atoms with Crippen LogP contribution in [0.5, 0.6) is 28.7 Å². The van der Waals surface area contributed by atoms with Gasteiger partial charge in [0.05, 0.1) is 27.8 Å². The Bertz CT molecular complexity index is 3530. The van der Waals surface area contributed by atoms with Crippen molar-refractivity contribution in [1.82, 2.24) is 0 Å². The van der Waals surface area contributed by atoms with Crippen LogP contribution in [0, 0.1) is 0 Å². The molecule has 10 rings (SSSR count). The molecule has 0 saturated carbocycles. The Hall–Kier alpha value is -9.70. The maximum atomic E-state index is 12.0. The number of carbonyl (C=O) groups is 5. The minimum atomic E-state index is -0.341. The standard InChI is InChI=1S/5C18H19O2S.5FH/c5*1-2-3-4-5-14-6-8-15(9-7-14)18(19)20-16-10-12-17(21)13-11-16;;;;;/h5*6-13H,2-5H2,1H3;5*1H. The number of esters is 5. The lowest BCUT2D eigenvalue weighted by Crippen LogP contribution is -2.08. The Balaban J connectivity index is 0.000000680. The number of rotatable bonds is 30. The summed E-state index contributed by atoms with van der Waals surface area (Å²) in [7, 11) is 0. The van der Waals surface area contributed by atoms with Crippen LogP contribution in [0.2, 0.25) is 0 Å². The lowest BCUT2D eigenvalue weighted by atomic mass is 10.1. The minimum Gasteiger partial charge on any atom is -0.423 e. The first-order valence-corrected chi connectivity index (χ1v) is 38.4. The highest BCUT2D eigenvalue weighted by atomic mass is 32.1. The molecule has 0 saturated heterocycles. The van der Waals surface area contributed by atoms with Crippen LogP contribution in [0.1, 0.15) is 211 Å². The second-order valence-electron chi connectivity index (χ2n) is 25.1. The molecule has 0 aliphatic heterocycles. The van der Waals surface area contributed by atoms with Crippen LogP contribution >= 0.6 is 63.1 Å². The van der Waals surface area contributed by atoms with Crippen molar-refractivity contribution in [3.63, 3.8) is 0 Å². The molecule has 0 unspecified atom stereocenters. The van der Waals surface area contributed by atoms with Crippen molar-refractivity contribution >= 4 is 93.0 Å². The predicted octanol–water partition coefficient (Wildman–Crippen LogP) is 26.7. The van der Waals surface area contributed by atoms with Crippen molar-refractivity contribution in [2.24, 2.45) is 0 Å². The molecular formula is C90H100F5O10S5. The molecule has 5 radical (unpaired) electrons. The first kappa shape index (κ1) is 98.3. The van der Waals surface area contributed by atoms with Crippen LogP contribution in [0.4, 0.5) is 23.5 Å². The van der Waals surface area contributed by atoms with E-state index in [4.69, 9.17) is 86.8 Å². The van der Waals surface area contributed by atoms with Crippen LogP contribution in [0.15, 0.2) is 267 Å². The zero-order valence-corrected chi connectivity index (χ0v) is 67.0. The molecule has 0 heterocycles.